The molecule has 1 heterocycles. The van der Waals surface area contributed by atoms with Crippen molar-refractivity contribution in [2.24, 2.45) is 11.7 Å². The van der Waals surface area contributed by atoms with Gasteiger partial charge in [0.2, 0.25) is 5.91 Å². The Morgan fingerprint density at radius 2 is 2.23 bits per heavy atom. The first-order valence-electron chi connectivity index (χ1n) is 4.69. The highest BCUT2D eigenvalue weighted by Crippen LogP contribution is 2.33. The summed E-state index contributed by atoms with van der Waals surface area (Å²) < 4.78 is 0. The average molecular weight is 179 g/mol. The summed E-state index contributed by atoms with van der Waals surface area (Å²) in [6.45, 7) is 0.706. The highest BCUT2D eigenvalue weighted by molar-refractivity contribution is 5.83. The van der Waals surface area contributed by atoms with E-state index in [1.807, 2.05) is 0 Å². The minimum Gasteiger partial charge on any atom is -0.325 e. The lowest BCUT2D eigenvalue weighted by molar-refractivity contribution is -0.138. The zero-order valence-electron chi connectivity index (χ0n) is 7.44. The van der Waals surface area contributed by atoms with Crippen LogP contribution in [0.15, 0.2) is 0 Å². The fraction of sp³-hybridized carbons (Fsp3) is 0.778. The molecule has 0 bridgehead atoms. The molecule has 4 nitrogen and oxygen atoms in total. The van der Waals surface area contributed by atoms with Gasteiger partial charge in [-0.3, -0.25) is 4.79 Å². The number of hydrogen-bond donors (Lipinski definition) is 1. The van der Waals surface area contributed by atoms with E-state index in [0.29, 0.717) is 12.5 Å². The van der Waals surface area contributed by atoms with Crippen LogP contribution in [0.4, 0.5) is 0 Å². The molecule has 4 heteroatoms. The molecular formula is C9H13N3O. The third-order valence-electron chi connectivity index (χ3n) is 2.87. The Hall–Kier alpha value is -1.08. The van der Waals surface area contributed by atoms with Gasteiger partial charge in [0, 0.05) is 6.54 Å². The minimum absolute atomic E-state index is 0.0275. The fourth-order valence-corrected chi connectivity index (χ4v) is 1.63. The number of nitrogens with zero attached hydrogens (tertiary/aromatic N) is 2. The summed E-state index contributed by atoms with van der Waals surface area (Å²) in [5, 5.41) is 8.66. The largest absolute Gasteiger partial charge is 0.325 e. The molecule has 0 aromatic rings. The van der Waals surface area contributed by atoms with Gasteiger partial charge in [0.25, 0.3) is 0 Å². The Balaban J connectivity index is 1.93. The summed E-state index contributed by atoms with van der Waals surface area (Å²) in [7, 11) is 0. The Morgan fingerprint density at radius 1 is 1.54 bits per heavy atom. The molecule has 13 heavy (non-hydrogen) atoms. The van der Waals surface area contributed by atoms with Gasteiger partial charge in [-0.2, -0.15) is 5.26 Å². The zero-order chi connectivity index (χ0) is 9.42. The van der Waals surface area contributed by atoms with Gasteiger partial charge >= 0.3 is 0 Å². The van der Waals surface area contributed by atoms with Crippen LogP contribution in [0.25, 0.3) is 0 Å². The maximum absolute atomic E-state index is 11.6. The predicted molar refractivity (Wildman–Crippen MR) is 46.4 cm³/mol. The second-order valence-corrected chi connectivity index (χ2v) is 3.83. The number of rotatable bonds is 2. The lowest BCUT2D eigenvalue weighted by Gasteiger charge is -2.37. The topological polar surface area (TPSA) is 70.1 Å². The number of nitriles is 1. The van der Waals surface area contributed by atoms with Gasteiger partial charge in [-0.25, -0.2) is 0 Å². The maximum atomic E-state index is 11.6. The van der Waals surface area contributed by atoms with Crippen molar-refractivity contribution in [3.8, 4) is 6.07 Å². The van der Waals surface area contributed by atoms with E-state index in [4.69, 9.17) is 11.0 Å². The van der Waals surface area contributed by atoms with Crippen LogP contribution in [0, 0.1) is 17.2 Å². The van der Waals surface area contributed by atoms with E-state index in [0.717, 1.165) is 19.3 Å². The second-order valence-electron chi connectivity index (χ2n) is 3.83. The number of likely N-dealkylation sites (tertiary alicyclic amines) is 1. The summed E-state index contributed by atoms with van der Waals surface area (Å²) >= 11 is 0. The highest BCUT2D eigenvalue weighted by atomic mass is 16.2. The summed E-state index contributed by atoms with van der Waals surface area (Å²) in [6, 6.07) is 1.53. The molecule has 2 N–H and O–H groups in total. The van der Waals surface area contributed by atoms with E-state index in [9.17, 15) is 4.79 Å². The van der Waals surface area contributed by atoms with Crippen LogP contribution in [0.2, 0.25) is 0 Å². The van der Waals surface area contributed by atoms with Gasteiger partial charge in [-0.05, 0) is 25.2 Å². The summed E-state index contributed by atoms with van der Waals surface area (Å²) in [6.07, 6.45) is 2.94. The smallest absolute Gasteiger partial charge is 0.240 e. The molecule has 0 aromatic heterocycles. The Morgan fingerprint density at radius 3 is 2.62 bits per heavy atom. The van der Waals surface area contributed by atoms with Crippen molar-refractivity contribution in [2.45, 2.75) is 31.3 Å². The van der Waals surface area contributed by atoms with Gasteiger partial charge in [0.05, 0.1) is 12.1 Å². The van der Waals surface area contributed by atoms with E-state index in [2.05, 4.69) is 6.07 Å². The van der Waals surface area contributed by atoms with Crippen LogP contribution >= 0.6 is 0 Å². The molecule has 0 aromatic carbocycles. The number of nitrogens with two attached hydrogens (primary N) is 1. The van der Waals surface area contributed by atoms with Crippen LogP contribution < -0.4 is 5.73 Å². The Labute approximate surface area is 77.3 Å². The molecule has 1 saturated carbocycles. The van der Waals surface area contributed by atoms with Crippen molar-refractivity contribution in [1.82, 2.24) is 4.90 Å². The quantitative estimate of drug-likeness (QED) is 0.640. The molecule has 2 rings (SSSR count). The Kier molecular flexibility index (Phi) is 1.97. The van der Waals surface area contributed by atoms with Crippen molar-refractivity contribution in [3.05, 3.63) is 0 Å². The number of carbonyl (C=O) groups is 1. The van der Waals surface area contributed by atoms with Gasteiger partial charge in [0.1, 0.15) is 6.04 Å². The van der Waals surface area contributed by atoms with E-state index < -0.39 is 0 Å². The molecule has 1 aliphatic carbocycles. The molecule has 2 aliphatic rings. The molecule has 2 fully saturated rings. The van der Waals surface area contributed by atoms with Gasteiger partial charge in [-0.1, -0.05) is 0 Å². The summed E-state index contributed by atoms with van der Waals surface area (Å²) in [5.41, 5.74) is 5.75. The zero-order valence-corrected chi connectivity index (χ0v) is 7.44. The van der Waals surface area contributed by atoms with E-state index in [1.165, 1.54) is 0 Å². The normalized spacial score (nSPS) is 28.9. The van der Waals surface area contributed by atoms with E-state index in [1.54, 1.807) is 4.90 Å². The van der Waals surface area contributed by atoms with Crippen LogP contribution in [-0.4, -0.2) is 29.4 Å². The maximum Gasteiger partial charge on any atom is 0.240 e. The molecule has 1 unspecified atom stereocenters. The SMILES string of the molecule is N#CC1CCN1C(=O)[C@H](N)C1CC1. The highest BCUT2D eigenvalue weighted by Gasteiger charge is 2.40. The second kappa shape index (κ2) is 3.00. The van der Waals surface area contributed by atoms with Gasteiger partial charge in [0.15, 0.2) is 0 Å². The van der Waals surface area contributed by atoms with E-state index >= 15 is 0 Å². The monoisotopic (exact) mass is 179 g/mol. The van der Waals surface area contributed by atoms with Crippen molar-refractivity contribution in [2.75, 3.05) is 6.54 Å². The van der Waals surface area contributed by atoms with Crippen LogP contribution in [0.5, 0.6) is 0 Å². The summed E-state index contributed by atoms with van der Waals surface area (Å²) in [5.74, 6) is 0.354. The molecule has 1 amide bonds. The molecule has 0 radical (unpaired) electrons. The number of carbonyl (C=O) groups excluding carboxylic acids is 1. The first-order chi connectivity index (χ1) is 6.24. The van der Waals surface area contributed by atoms with Crippen LogP contribution in [0.1, 0.15) is 19.3 Å². The van der Waals surface area contributed by atoms with Crippen molar-refractivity contribution in [3.63, 3.8) is 0 Å². The average Bonchev–Trinajstić information content (AvgIpc) is 2.84. The van der Waals surface area contributed by atoms with Crippen molar-refractivity contribution < 1.29 is 4.79 Å². The van der Waals surface area contributed by atoms with Crippen LogP contribution in [0.3, 0.4) is 0 Å². The van der Waals surface area contributed by atoms with Gasteiger partial charge in [-0.15, -0.1) is 0 Å². The first kappa shape index (κ1) is 8.52. The number of amides is 1. The van der Waals surface area contributed by atoms with Crippen molar-refractivity contribution in [1.29, 1.82) is 5.26 Å². The molecule has 2 atom stereocenters. The third kappa shape index (κ3) is 1.40. The lowest BCUT2D eigenvalue weighted by atomic mass is 10.0. The Bertz CT molecular complexity index is 267. The minimum atomic E-state index is -0.351. The third-order valence-corrected chi connectivity index (χ3v) is 2.87. The molecule has 1 aliphatic heterocycles. The van der Waals surface area contributed by atoms with Crippen molar-refractivity contribution >= 4 is 5.91 Å². The van der Waals surface area contributed by atoms with Gasteiger partial charge < -0.3 is 10.6 Å². The fourth-order valence-electron chi connectivity index (χ4n) is 1.63. The lowest BCUT2D eigenvalue weighted by Crippen LogP contribution is -2.56. The molecular weight excluding hydrogens is 166 g/mol. The summed E-state index contributed by atoms with van der Waals surface area (Å²) in [4.78, 5) is 13.2. The molecule has 1 saturated heterocycles. The van der Waals surface area contributed by atoms with Crippen LogP contribution in [-0.2, 0) is 4.79 Å². The molecule has 0 spiro atoms. The molecule has 70 valence electrons. The number of hydrogen-bond acceptors (Lipinski definition) is 3. The predicted octanol–water partition coefficient (Wildman–Crippen LogP) is -0.152. The first-order valence-corrected chi connectivity index (χ1v) is 4.69. The standard InChI is InChI=1S/C9H13N3O/c10-5-7-3-4-12(7)9(13)8(11)6-1-2-6/h6-8H,1-4,11H2/t7?,8-/m1/s1. The van der Waals surface area contributed by atoms with E-state index in [-0.39, 0.29) is 18.0 Å².